The highest BCUT2D eigenvalue weighted by molar-refractivity contribution is 6.36. The highest BCUT2D eigenvalue weighted by Gasteiger charge is 2.20. The lowest BCUT2D eigenvalue weighted by Crippen LogP contribution is -2.29. The topological polar surface area (TPSA) is 27.8 Å². The van der Waals surface area contributed by atoms with E-state index in [2.05, 4.69) is 46.7 Å². The van der Waals surface area contributed by atoms with Crippen molar-refractivity contribution < 1.29 is 0 Å². The van der Waals surface area contributed by atoms with Crippen LogP contribution in [0.25, 0.3) is 10.9 Å². The molecule has 1 aliphatic carbocycles. The van der Waals surface area contributed by atoms with Gasteiger partial charge in [0.15, 0.2) is 0 Å². The Morgan fingerprint density at radius 2 is 1.67 bits per heavy atom. The Kier molecular flexibility index (Phi) is 3.21. The number of hydrogen-bond donors (Lipinski definition) is 2. The third-order valence-corrected chi connectivity index (χ3v) is 4.76. The van der Waals surface area contributed by atoms with E-state index in [1.807, 2.05) is 12.1 Å². The van der Waals surface area contributed by atoms with Gasteiger partial charge < -0.3 is 10.3 Å². The highest BCUT2D eigenvalue weighted by Crippen LogP contribution is 2.28. The van der Waals surface area contributed by atoms with Crippen LogP contribution in [0.15, 0.2) is 48.5 Å². The molecule has 0 saturated carbocycles. The largest absolute Gasteiger partial charge is 0.356 e. The fourth-order valence-corrected chi connectivity index (χ4v) is 3.51. The zero-order valence-corrected chi connectivity index (χ0v) is 12.5. The number of nitrogens with one attached hydrogen (secondary N) is 2. The first kappa shape index (κ1) is 12.9. The number of aromatic nitrogens is 1. The van der Waals surface area contributed by atoms with Crippen molar-refractivity contribution in [2.24, 2.45) is 0 Å². The van der Waals surface area contributed by atoms with Crippen molar-refractivity contribution in [1.29, 1.82) is 0 Å². The third kappa shape index (κ3) is 2.35. The van der Waals surface area contributed by atoms with Gasteiger partial charge in [-0.2, -0.15) is 0 Å². The standard InChI is InChI=1S/C18H17ClN2/c19-18-15-7-3-4-8-16(15)21-17(18)11-20-14-9-12-5-1-2-6-13(12)10-14/h1-8,14,20-21H,9-11H2. The number of fused-ring (bicyclic) bond motifs is 2. The van der Waals surface area contributed by atoms with Crippen molar-refractivity contribution in [1.82, 2.24) is 10.3 Å². The van der Waals surface area contributed by atoms with Crippen molar-refractivity contribution in [3.05, 3.63) is 70.4 Å². The molecule has 21 heavy (non-hydrogen) atoms. The van der Waals surface area contributed by atoms with E-state index in [-0.39, 0.29) is 0 Å². The Balaban J connectivity index is 1.49. The number of H-pyrrole nitrogens is 1. The lowest BCUT2D eigenvalue weighted by atomic mass is 10.1. The lowest BCUT2D eigenvalue weighted by Gasteiger charge is -2.11. The molecule has 1 heterocycles. The molecule has 4 rings (SSSR count). The monoisotopic (exact) mass is 296 g/mol. The van der Waals surface area contributed by atoms with Crippen LogP contribution < -0.4 is 5.32 Å². The minimum absolute atomic E-state index is 0.505. The van der Waals surface area contributed by atoms with Crippen LogP contribution in [0.3, 0.4) is 0 Å². The van der Waals surface area contributed by atoms with Crippen LogP contribution in [0.2, 0.25) is 5.02 Å². The van der Waals surface area contributed by atoms with Crippen LogP contribution in [0.4, 0.5) is 0 Å². The maximum absolute atomic E-state index is 6.46. The lowest BCUT2D eigenvalue weighted by molar-refractivity contribution is 0.529. The number of para-hydroxylation sites is 1. The van der Waals surface area contributed by atoms with E-state index in [1.165, 1.54) is 11.1 Å². The molecular formula is C18H17ClN2. The number of hydrogen-bond acceptors (Lipinski definition) is 1. The molecule has 0 saturated heterocycles. The van der Waals surface area contributed by atoms with E-state index in [0.717, 1.165) is 41.0 Å². The summed E-state index contributed by atoms with van der Waals surface area (Å²) in [6, 6.07) is 17.4. The van der Waals surface area contributed by atoms with Gasteiger partial charge >= 0.3 is 0 Å². The van der Waals surface area contributed by atoms with Gasteiger partial charge in [0.25, 0.3) is 0 Å². The molecule has 0 radical (unpaired) electrons. The van der Waals surface area contributed by atoms with Gasteiger partial charge in [-0.15, -0.1) is 0 Å². The second-order valence-electron chi connectivity index (χ2n) is 5.72. The molecule has 3 heteroatoms. The quantitative estimate of drug-likeness (QED) is 0.749. The average Bonchev–Trinajstić information content (AvgIpc) is 3.07. The van der Waals surface area contributed by atoms with Crippen LogP contribution >= 0.6 is 11.6 Å². The second-order valence-corrected chi connectivity index (χ2v) is 6.10. The van der Waals surface area contributed by atoms with E-state index in [0.29, 0.717) is 6.04 Å². The van der Waals surface area contributed by atoms with Gasteiger partial charge in [0, 0.05) is 29.2 Å². The molecule has 2 aromatic carbocycles. The van der Waals surface area contributed by atoms with E-state index in [4.69, 9.17) is 11.6 Å². The molecule has 106 valence electrons. The average molecular weight is 297 g/mol. The summed E-state index contributed by atoms with van der Waals surface area (Å²) in [6.45, 7) is 0.784. The molecule has 1 aromatic heterocycles. The fraction of sp³-hybridized carbons (Fsp3) is 0.222. The number of rotatable bonds is 3. The molecule has 0 unspecified atom stereocenters. The second kappa shape index (κ2) is 5.21. The zero-order chi connectivity index (χ0) is 14.2. The van der Waals surface area contributed by atoms with Gasteiger partial charge in [0.2, 0.25) is 0 Å². The van der Waals surface area contributed by atoms with Crippen LogP contribution in [-0.2, 0) is 19.4 Å². The van der Waals surface area contributed by atoms with Gasteiger partial charge in [-0.3, -0.25) is 0 Å². The van der Waals surface area contributed by atoms with E-state index >= 15 is 0 Å². The molecule has 0 fully saturated rings. The van der Waals surface area contributed by atoms with Crippen LogP contribution in [0.1, 0.15) is 16.8 Å². The predicted molar refractivity (Wildman–Crippen MR) is 87.8 cm³/mol. The van der Waals surface area contributed by atoms with Crippen molar-refractivity contribution in [3.63, 3.8) is 0 Å². The van der Waals surface area contributed by atoms with Crippen LogP contribution in [0.5, 0.6) is 0 Å². The first-order chi connectivity index (χ1) is 10.3. The molecule has 0 atom stereocenters. The summed E-state index contributed by atoms with van der Waals surface area (Å²) >= 11 is 6.46. The third-order valence-electron chi connectivity index (χ3n) is 4.33. The normalized spacial score (nSPS) is 14.7. The zero-order valence-electron chi connectivity index (χ0n) is 11.7. The Morgan fingerprint density at radius 3 is 2.38 bits per heavy atom. The minimum atomic E-state index is 0.505. The van der Waals surface area contributed by atoms with E-state index < -0.39 is 0 Å². The summed E-state index contributed by atoms with van der Waals surface area (Å²) < 4.78 is 0. The van der Waals surface area contributed by atoms with Gasteiger partial charge in [0.1, 0.15) is 0 Å². The van der Waals surface area contributed by atoms with Crippen LogP contribution in [0, 0.1) is 0 Å². The molecule has 0 bridgehead atoms. The van der Waals surface area contributed by atoms with E-state index in [9.17, 15) is 0 Å². The van der Waals surface area contributed by atoms with Gasteiger partial charge in [-0.1, -0.05) is 54.1 Å². The molecule has 2 N–H and O–H groups in total. The maximum Gasteiger partial charge on any atom is 0.0705 e. The van der Waals surface area contributed by atoms with Gasteiger partial charge in [-0.05, 0) is 30.0 Å². The summed E-state index contributed by atoms with van der Waals surface area (Å²) in [6.07, 6.45) is 2.21. The summed E-state index contributed by atoms with van der Waals surface area (Å²) in [4.78, 5) is 3.41. The Morgan fingerprint density at radius 1 is 1.00 bits per heavy atom. The molecule has 0 spiro atoms. The fourth-order valence-electron chi connectivity index (χ4n) is 3.23. The van der Waals surface area contributed by atoms with E-state index in [1.54, 1.807) is 0 Å². The summed E-state index contributed by atoms with van der Waals surface area (Å²) in [5.41, 5.74) is 5.12. The maximum atomic E-state index is 6.46. The Hall–Kier alpha value is -1.77. The van der Waals surface area contributed by atoms with Gasteiger partial charge in [-0.25, -0.2) is 0 Å². The smallest absolute Gasteiger partial charge is 0.0705 e. The molecule has 0 amide bonds. The van der Waals surface area contributed by atoms with Gasteiger partial charge in [0.05, 0.1) is 5.02 Å². The first-order valence-electron chi connectivity index (χ1n) is 7.36. The van der Waals surface area contributed by atoms with Crippen molar-refractivity contribution in [2.45, 2.75) is 25.4 Å². The van der Waals surface area contributed by atoms with Crippen molar-refractivity contribution >= 4 is 22.5 Å². The minimum Gasteiger partial charge on any atom is -0.356 e. The highest BCUT2D eigenvalue weighted by atomic mass is 35.5. The van der Waals surface area contributed by atoms with Crippen LogP contribution in [-0.4, -0.2) is 11.0 Å². The summed E-state index contributed by atoms with van der Waals surface area (Å²) in [5, 5.41) is 5.57. The number of halogens is 1. The first-order valence-corrected chi connectivity index (χ1v) is 7.74. The van der Waals surface area contributed by atoms with Crippen molar-refractivity contribution in [3.8, 4) is 0 Å². The molecule has 3 aromatic rings. The Bertz CT molecular complexity index is 766. The Labute approximate surface area is 129 Å². The number of aromatic amines is 1. The molecule has 1 aliphatic rings. The molecule has 0 aliphatic heterocycles. The van der Waals surface area contributed by atoms with Crippen molar-refractivity contribution in [2.75, 3.05) is 0 Å². The summed E-state index contributed by atoms with van der Waals surface area (Å²) in [7, 11) is 0. The summed E-state index contributed by atoms with van der Waals surface area (Å²) in [5.74, 6) is 0. The SMILES string of the molecule is Clc1c(CNC2Cc3ccccc3C2)[nH]c2ccccc12. The molecular weight excluding hydrogens is 280 g/mol. The predicted octanol–water partition coefficient (Wildman–Crippen LogP) is 4.08. The molecule has 2 nitrogen and oxygen atoms in total. The number of benzene rings is 2.